The number of anilines is 1. The molecule has 4 nitrogen and oxygen atoms in total. The van der Waals surface area contributed by atoms with Gasteiger partial charge in [-0.2, -0.15) is 0 Å². The van der Waals surface area contributed by atoms with Gasteiger partial charge in [0.25, 0.3) is 0 Å². The van der Waals surface area contributed by atoms with E-state index in [1.165, 1.54) is 0 Å². The molecule has 1 fully saturated rings. The Kier molecular flexibility index (Phi) is 6.69. The van der Waals surface area contributed by atoms with Crippen molar-refractivity contribution in [3.63, 3.8) is 0 Å². The fourth-order valence-corrected chi connectivity index (χ4v) is 4.23. The molecule has 2 aromatic carbocycles. The number of rotatable bonds is 6. The number of hydrogen-bond donors (Lipinski definition) is 0. The first-order valence-corrected chi connectivity index (χ1v) is 10.1. The monoisotopic (exact) mass is 390 g/mol. The number of para-hydroxylation sites is 2. The molecule has 0 atom stereocenters. The first kappa shape index (κ1) is 18.9. The van der Waals surface area contributed by atoms with Crippen LogP contribution in [0.3, 0.4) is 0 Å². The maximum absolute atomic E-state index is 12.5. The highest BCUT2D eigenvalue weighted by Gasteiger charge is 2.22. The Morgan fingerprint density at radius 3 is 2.50 bits per heavy atom. The number of nitrogens with zero attached hydrogens (tertiary/aromatic N) is 2. The van der Waals surface area contributed by atoms with Crippen LogP contribution in [0.25, 0.3) is 0 Å². The lowest BCUT2D eigenvalue weighted by atomic mass is 10.2. The molecule has 1 saturated heterocycles. The number of amides is 1. The molecule has 1 aliphatic rings. The molecular formula is C20H23ClN2O2S. The molecule has 0 N–H and O–H groups in total. The van der Waals surface area contributed by atoms with Crippen LogP contribution in [-0.2, 0) is 4.79 Å². The van der Waals surface area contributed by atoms with Crippen molar-refractivity contribution in [2.24, 2.45) is 0 Å². The summed E-state index contributed by atoms with van der Waals surface area (Å²) >= 11 is 7.79. The number of thioether (sulfide) groups is 1. The van der Waals surface area contributed by atoms with E-state index in [9.17, 15) is 4.79 Å². The Hall–Kier alpha value is -1.85. The molecule has 26 heavy (non-hydrogen) atoms. The second-order valence-corrected chi connectivity index (χ2v) is 7.61. The molecule has 0 aliphatic carbocycles. The maximum Gasteiger partial charge on any atom is 0.223 e. The Bertz CT molecular complexity index is 748. The summed E-state index contributed by atoms with van der Waals surface area (Å²) in [5.41, 5.74) is 1.09. The maximum atomic E-state index is 12.5. The SMILES string of the molecule is COc1ccccc1N1CCN(C(=O)CCSc2ccccc2Cl)CC1. The Balaban J connectivity index is 1.47. The predicted octanol–water partition coefficient (Wildman–Crippen LogP) is 4.18. The fraction of sp³-hybridized carbons (Fsp3) is 0.350. The third-order valence-electron chi connectivity index (χ3n) is 4.47. The number of carbonyl (C=O) groups is 1. The normalized spacial score (nSPS) is 14.4. The van der Waals surface area contributed by atoms with E-state index >= 15 is 0 Å². The van der Waals surface area contributed by atoms with E-state index in [0.717, 1.165) is 53.3 Å². The Morgan fingerprint density at radius 2 is 1.77 bits per heavy atom. The zero-order valence-electron chi connectivity index (χ0n) is 14.9. The summed E-state index contributed by atoms with van der Waals surface area (Å²) in [5.74, 6) is 1.84. The molecule has 0 saturated carbocycles. The van der Waals surface area contributed by atoms with Crippen LogP contribution in [0, 0.1) is 0 Å². The quantitative estimate of drug-likeness (QED) is 0.693. The second-order valence-electron chi connectivity index (χ2n) is 6.07. The van der Waals surface area contributed by atoms with Gasteiger partial charge in [0.15, 0.2) is 0 Å². The van der Waals surface area contributed by atoms with Gasteiger partial charge in [-0.15, -0.1) is 11.8 Å². The molecule has 6 heteroatoms. The molecule has 2 aromatic rings. The highest BCUT2D eigenvalue weighted by atomic mass is 35.5. The molecule has 0 radical (unpaired) electrons. The predicted molar refractivity (Wildman–Crippen MR) is 109 cm³/mol. The van der Waals surface area contributed by atoms with Gasteiger partial charge in [0.1, 0.15) is 5.75 Å². The van der Waals surface area contributed by atoms with Crippen LogP contribution >= 0.6 is 23.4 Å². The lowest BCUT2D eigenvalue weighted by Crippen LogP contribution is -2.49. The number of ether oxygens (including phenoxy) is 1. The minimum atomic E-state index is 0.212. The summed E-state index contributed by atoms with van der Waals surface area (Å²) in [6.45, 7) is 3.13. The van der Waals surface area contributed by atoms with Crippen LogP contribution in [0.4, 0.5) is 5.69 Å². The highest BCUT2D eigenvalue weighted by molar-refractivity contribution is 7.99. The average Bonchev–Trinajstić information content (AvgIpc) is 2.69. The summed E-state index contributed by atoms with van der Waals surface area (Å²) < 4.78 is 5.44. The molecule has 3 rings (SSSR count). The zero-order chi connectivity index (χ0) is 18.4. The fourth-order valence-electron chi connectivity index (χ4n) is 3.06. The molecule has 0 bridgehead atoms. The molecule has 1 amide bonds. The van der Waals surface area contributed by atoms with Crippen molar-refractivity contribution in [1.29, 1.82) is 0 Å². The van der Waals surface area contributed by atoms with Crippen molar-refractivity contribution in [1.82, 2.24) is 4.90 Å². The minimum absolute atomic E-state index is 0.212. The minimum Gasteiger partial charge on any atom is -0.495 e. The van der Waals surface area contributed by atoms with Gasteiger partial charge >= 0.3 is 0 Å². The van der Waals surface area contributed by atoms with Crippen molar-refractivity contribution >= 4 is 35.0 Å². The van der Waals surface area contributed by atoms with Crippen LogP contribution in [0.2, 0.25) is 5.02 Å². The van der Waals surface area contributed by atoms with Crippen LogP contribution < -0.4 is 9.64 Å². The first-order valence-electron chi connectivity index (χ1n) is 8.72. The number of halogens is 1. The van der Waals surface area contributed by atoms with Crippen molar-refractivity contribution < 1.29 is 9.53 Å². The summed E-state index contributed by atoms with van der Waals surface area (Å²) in [4.78, 5) is 17.7. The van der Waals surface area contributed by atoms with Gasteiger partial charge in [-0.05, 0) is 24.3 Å². The largest absolute Gasteiger partial charge is 0.495 e. The van der Waals surface area contributed by atoms with E-state index in [4.69, 9.17) is 16.3 Å². The van der Waals surface area contributed by atoms with E-state index in [2.05, 4.69) is 11.0 Å². The van der Waals surface area contributed by atoms with Gasteiger partial charge < -0.3 is 14.5 Å². The van der Waals surface area contributed by atoms with Crippen molar-refractivity contribution in [3.05, 3.63) is 53.6 Å². The topological polar surface area (TPSA) is 32.8 Å². The zero-order valence-corrected chi connectivity index (χ0v) is 16.4. The van der Waals surface area contributed by atoms with Gasteiger partial charge in [-0.25, -0.2) is 0 Å². The van der Waals surface area contributed by atoms with E-state index in [0.29, 0.717) is 6.42 Å². The van der Waals surface area contributed by atoms with E-state index < -0.39 is 0 Å². The third-order valence-corrected chi connectivity index (χ3v) is 5.99. The van der Waals surface area contributed by atoms with E-state index in [1.54, 1.807) is 18.9 Å². The summed E-state index contributed by atoms with van der Waals surface area (Å²) in [6.07, 6.45) is 0.532. The van der Waals surface area contributed by atoms with E-state index in [-0.39, 0.29) is 5.91 Å². The first-order chi connectivity index (χ1) is 12.7. The summed E-state index contributed by atoms with van der Waals surface area (Å²) in [6, 6.07) is 15.8. The van der Waals surface area contributed by atoms with E-state index in [1.807, 2.05) is 47.4 Å². The Morgan fingerprint density at radius 1 is 1.08 bits per heavy atom. The smallest absolute Gasteiger partial charge is 0.223 e. The van der Waals surface area contributed by atoms with Gasteiger partial charge in [-0.3, -0.25) is 4.79 Å². The standard InChI is InChI=1S/C20H23ClN2O2S/c1-25-18-8-4-3-7-17(18)22-11-13-23(14-12-22)20(24)10-15-26-19-9-5-2-6-16(19)21/h2-9H,10-15H2,1H3. The molecular weight excluding hydrogens is 368 g/mol. The van der Waals surface area contributed by atoms with Crippen LogP contribution in [0.15, 0.2) is 53.4 Å². The Labute approximate surface area is 164 Å². The lowest BCUT2D eigenvalue weighted by molar-refractivity contribution is -0.131. The number of carbonyl (C=O) groups excluding carboxylic acids is 1. The van der Waals surface area contributed by atoms with Gasteiger partial charge in [0, 0.05) is 43.2 Å². The van der Waals surface area contributed by atoms with Crippen LogP contribution in [0.1, 0.15) is 6.42 Å². The molecule has 138 valence electrons. The second kappa shape index (κ2) is 9.19. The van der Waals surface area contributed by atoms with Gasteiger partial charge in [0.05, 0.1) is 17.8 Å². The van der Waals surface area contributed by atoms with Crippen molar-refractivity contribution in [2.45, 2.75) is 11.3 Å². The number of hydrogen-bond acceptors (Lipinski definition) is 4. The van der Waals surface area contributed by atoms with Crippen molar-refractivity contribution in [2.75, 3.05) is 43.9 Å². The lowest BCUT2D eigenvalue weighted by Gasteiger charge is -2.36. The summed E-state index contributed by atoms with van der Waals surface area (Å²) in [7, 11) is 1.69. The number of piperazine rings is 1. The third kappa shape index (κ3) is 4.65. The average molecular weight is 391 g/mol. The van der Waals surface area contributed by atoms with Gasteiger partial charge in [-0.1, -0.05) is 35.9 Å². The highest BCUT2D eigenvalue weighted by Crippen LogP contribution is 2.29. The van der Waals surface area contributed by atoms with Crippen molar-refractivity contribution in [3.8, 4) is 5.75 Å². The molecule has 1 aliphatic heterocycles. The molecule has 0 aromatic heterocycles. The van der Waals surface area contributed by atoms with Crippen LogP contribution in [0.5, 0.6) is 5.75 Å². The molecule has 0 spiro atoms. The number of methoxy groups -OCH3 is 1. The number of benzene rings is 2. The summed E-state index contributed by atoms with van der Waals surface area (Å²) in [5, 5.41) is 0.746. The van der Waals surface area contributed by atoms with Crippen LogP contribution in [-0.4, -0.2) is 49.8 Å². The van der Waals surface area contributed by atoms with Gasteiger partial charge in [0.2, 0.25) is 5.91 Å². The molecule has 0 unspecified atom stereocenters. The molecule has 1 heterocycles.